The summed E-state index contributed by atoms with van der Waals surface area (Å²) in [6.45, 7) is 5.47. The van der Waals surface area contributed by atoms with Gasteiger partial charge in [0.25, 0.3) is 0 Å². The van der Waals surface area contributed by atoms with E-state index in [-0.39, 0.29) is 0 Å². The van der Waals surface area contributed by atoms with Crippen LogP contribution in [0.25, 0.3) is 0 Å². The van der Waals surface area contributed by atoms with Crippen LogP contribution in [0.1, 0.15) is 25.0 Å². The van der Waals surface area contributed by atoms with Crippen molar-refractivity contribution in [2.75, 3.05) is 13.2 Å². The van der Waals surface area contributed by atoms with Crippen LogP contribution in [0.5, 0.6) is 11.5 Å². The topological polar surface area (TPSA) is 54.9 Å². The minimum Gasteiger partial charge on any atom is -0.490 e. The molecule has 2 N–H and O–H groups in total. The van der Waals surface area contributed by atoms with Crippen LogP contribution in [0.2, 0.25) is 5.02 Å². The molecule has 0 saturated carbocycles. The third-order valence-corrected chi connectivity index (χ3v) is 4.57. The van der Waals surface area contributed by atoms with E-state index in [1.165, 1.54) is 0 Å². The first-order chi connectivity index (χ1) is 13.0. The fourth-order valence-corrected chi connectivity index (χ4v) is 3.16. The summed E-state index contributed by atoms with van der Waals surface area (Å²) in [7, 11) is 0. The number of benzene rings is 2. The first-order valence-electron chi connectivity index (χ1n) is 8.44. The number of nitrogens with one attached hydrogen (secondary N) is 2. The van der Waals surface area contributed by atoms with Crippen LogP contribution in [0.15, 0.2) is 46.0 Å². The molecule has 0 heterocycles. The smallest absolute Gasteiger partial charge is 0.186 e. The van der Waals surface area contributed by atoms with Crippen molar-refractivity contribution in [1.82, 2.24) is 10.7 Å². The van der Waals surface area contributed by atoms with Crippen LogP contribution in [0, 0.1) is 0 Å². The Labute approximate surface area is 178 Å². The van der Waals surface area contributed by atoms with E-state index in [0.717, 1.165) is 22.1 Å². The van der Waals surface area contributed by atoms with Gasteiger partial charge in [-0.2, -0.15) is 5.10 Å². The zero-order valence-electron chi connectivity index (χ0n) is 15.1. The summed E-state index contributed by atoms with van der Waals surface area (Å²) in [6.07, 6.45) is 1.66. The highest BCUT2D eigenvalue weighted by atomic mass is 79.9. The van der Waals surface area contributed by atoms with Gasteiger partial charge < -0.3 is 14.8 Å². The van der Waals surface area contributed by atoms with Gasteiger partial charge in [0.15, 0.2) is 16.6 Å². The van der Waals surface area contributed by atoms with Crippen LogP contribution in [-0.4, -0.2) is 24.5 Å². The number of nitrogens with zero attached hydrogens (tertiary/aromatic N) is 1. The summed E-state index contributed by atoms with van der Waals surface area (Å²) < 4.78 is 12.5. The molecular weight excluding hydrogens is 450 g/mol. The molecule has 0 aliphatic heterocycles. The van der Waals surface area contributed by atoms with E-state index in [1.54, 1.807) is 6.21 Å². The lowest BCUT2D eigenvalue weighted by Gasteiger charge is -2.15. The predicted molar refractivity (Wildman–Crippen MR) is 118 cm³/mol. The number of hydrogen-bond acceptors (Lipinski definition) is 4. The molecule has 0 amide bonds. The first-order valence-corrected chi connectivity index (χ1v) is 10.0. The van der Waals surface area contributed by atoms with Crippen molar-refractivity contribution in [3.05, 3.63) is 57.0 Å². The second-order valence-corrected chi connectivity index (χ2v) is 7.04. The van der Waals surface area contributed by atoms with E-state index in [4.69, 9.17) is 33.3 Å². The van der Waals surface area contributed by atoms with E-state index in [2.05, 4.69) is 31.8 Å². The molecule has 0 aliphatic rings. The van der Waals surface area contributed by atoms with Crippen molar-refractivity contribution in [2.24, 2.45) is 5.10 Å². The lowest BCUT2D eigenvalue weighted by Crippen LogP contribution is -2.31. The third-order valence-electron chi connectivity index (χ3n) is 3.38. The van der Waals surface area contributed by atoms with Crippen molar-refractivity contribution in [1.29, 1.82) is 0 Å². The molecule has 0 aliphatic carbocycles. The van der Waals surface area contributed by atoms with Gasteiger partial charge in [-0.05, 0) is 65.8 Å². The molecule has 2 aromatic rings. The van der Waals surface area contributed by atoms with Crippen molar-refractivity contribution in [3.8, 4) is 11.5 Å². The van der Waals surface area contributed by atoms with Crippen molar-refractivity contribution >= 4 is 51.1 Å². The fraction of sp³-hybridized carbons (Fsp3) is 0.263. The van der Waals surface area contributed by atoms with Gasteiger partial charge in [0.1, 0.15) is 6.61 Å². The van der Waals surface area contributed by atoms with E-state index in [0.29, 0.717) is 34.8 Å². The number of ether oxygens (including phenoxy) is 2. The van der Waals surface area contributed by atoms with E-state index < -0.39 is 0 Å². The number of halogens is 2. The fourth-order valence-electron chi connectivity index (χ4n) is 2.20. The van der Waals surface area contributed by atoms with Crippen LogP contribution in [-0.2, 0) is 6.61 Å². The SMILES string of the molecule is CCNC(=S)N/N=C\c1cc(Br)c(OCc2ccccc2Cl)c(OCC)c1. The summed E-state index contributed by atoms with van der Waals surface area (Å²) in [5.74, 6) is 1.24. The average Bonchev–Trinajstić information content (AvgIpc) is 2.63. The summed E-state index contributed by atoms with van der Waals surface area (Å²) >= 11 is 14.8. The van der Waals surface area contributed by atoms with Crippen LogP contribution < -0.4 is 20.2 Å². The standard InChI is InChI=1S/C19H21BrClN3O2S/c1-3-22-19(27)24-23-11-13-9-15(20)18(17(10-13)25-4-2)26-12-14-7-5-6-8-16(14)21/h5-11H,3-4,12H2,1-2H3,(H2,22,24,27)/b23-11-. The Morgan fingerprint density at radius 1 is 1.26 bits per heavy atom. The minimum atomic E-state index is 0.338. The van der Waals surface area contributed by atoms with Gasteiger partial charge in [-0.15, -0.1) is 0 Å². The summed E-state index contributed by atoms with van der Waals surface area (Å²) in [6, 6.07) is 11.3. The van der Waals surface area contributed by atoms with Gasteiger partial charge in [-0.1, -0.05) is 29.8 Å². The Bertz CT molecular complexity index is 818. The molecule has 27 heavy (non-hydrogen) atoms. The minimum absolute atomic E-state index is 0.338. The summed E-state index contributed by atoms with van der Waals surface area (Å²) in [5.41, 5.74) is 4.50. The van der Waals surface area contributed by atoms with Gasteiger partial charge in [-0.25, -0.2) is 0 Å². The molecule has 144 valence electrons. The lowest BCUT2D eigenvalue weighted by molar-refractivity contribution is 0.267. The Balaban J connectivity index is 2.16. The van der Waals surface area contributed by atoms with Crippen LogP contribution in [0.4, 0.5) is 0 Å². The van der Waals surface area contributed by atoms with E-state index in [9.17, 15) is 0 Å². The Morgan fingerprint density at radius 3 is 2.74 bits per heavy atom. The van der Waals surface area contributed by atoms with Gasteiger partial charge in [0.2, 0.25) is 0 Å². The molecule has 5 nitrogen and oxygen atoms in total. The predicted octanol–water partition coefficient (Wildman–Crippen LogP) is 4.90. The molecule has 0 atom stereocenters. The van der Waals surface area contributed by atoms with E-state index >= 15 is 0 Å². The molecule has 0 fully saturated rings. The molecule has 0 bridgehead atoms. The van der Waals surface area contributed by atoms with Gasteiger partial charge in [0, 0.05) is 17.1 Å². The van der Waals surface area contributed by atoms with Crippen LogP contribution in [0.3, 0.4) is 0 Å². The normalized spacial score (nSPS) is 10.7. The highest BCUT2D eigenvalue weighted by Crippen LogP contribution is 2.37. The summed E-state index contributed by atoms with van der Waals surface area (Å²) in [4.78, 5) is 0. The van der Waals surface area contributed by atoms with Crippen molar-refractivity contribution < 1.29 is 9.47 Å². The highest BCUT2D eigenvalue weighted by Gasteiger charge is 2.13. The van der Waals surface area contributed by atoms with Crippen LogP contribution >= 0.6 is 39.7 Å². The Morgan fingerprint density at radius 2 is 2.04 bits per heavy atom. The quantitative estimate of drug-likeness (QED) is 0.326. The molecular formula is C19H21BrClN3O2S. The lowest BCUT2D eigenvalue weighted by atomic mass is 10.2. The first kappa shape index (κ1) is 21.5. The van der Waals surface area contributed by atoms with Gasteiger partial charge in [0.05, 0.1) is 17.3 Å². The average molecular weight is 471 g/mol. The maximum absolute atomic E-state index is 6.20. The van der Waals surface area contributed by atoms with Crippen molar-refractivity contribution in [3.63, 3.8) is 0 Å². The molecule has 2 rings (SSSR count). The number of hydrazone groups is 1. The maximum atomic E-state index is 6.20. The Kier molecular flexibility index (Phi) is 8.84. The molecule has 0 radical (unpaired) electrons. The molecule has 0 spiro atoms. The van der Waals surface area contributed by atoms with Crippen molar-refractivity contribution in [2.45, 2.75) is 20.5 Å². The zero-order chi connectivity index (χ0) is 19.6. The van der Waals surface area contributed by atoms with E-state index in [1.807, 2.05) is 50.2 Å². The second kappa shape index (κ2) is 11.1. The highest BCUT2D eigenvalue weighted by molar-refractivity contribution is 9.10. The Hall–Kier alpha value is -1.83. The second-order valence-electron chi connectivity index (χ2n) is 5.37. The monoisotopic (exact) mass is 469 g/mol. The molecule has 0 unspecified atom stereocenters. The van der Waals surface area contributed by atoms with Gasteiger partial charge >= 0.3 is 0 Å². The number of hydrogen-bond donors (Lipinski definition) is 2. The third kappa shape index (κ3) is 6.68. The molecule has 8 heteroatoms. The molecule has 0 saturated heterocycles. The molecule has 2 aromatic carbocycles. The zero-order valence-corrected chi connectivity index (χ0v) is 18.2. The number of rotatable bonds is 8. The largest absolute Gasteiger partial charge is 0.490 e. The molecule has 0 aromatic heterocycles. The maximum Gasteiger partial charge on any atom is 0.186 e. The van der Waals surface area contributed by atoms with Gasteiger partial charge in [-0.3, -0.25) is 5.43 Å². The number of thiocarbonyl (C=S) groups is 1. The summed E-state index contributed by atoms with van der Waals surface area (Å²) in [5, 5.41) is 8.22.